The van der Waals surface area contributed by atoms with E-state index >= 15 is 0 Å². The van der Waals surface area contributed by atoms with Crippen LogP contribution in [-0.4, -0.2) is 24.5 Å². The van der Waals surface area contributed by atoms with Crippen LogP contribution in [0.4, 0.5) is 11.4 Å². The van der Waals surface area contributed by atoms with E-state index in [2.05, 4.69) is 5.32 Å². The van der Waals surface area contributed by atoms with Crippen molar-refractivity contribution in [3.8, 4) is 5.75 Å². The van der Waals surface area contributed by atoms with Gasteiger partial charge in [0, 0.05) is 18.7 Å². The molecule has 1 fully saturated rings. The van der Waals surface area contributed by atoms with Gasteiger partial charge in [0.1, 0.15) is 5.75 Å². The zero-order valence-corrected chi connectivity index (χ0v) is 15.9. The summed E-state index contributed by atoms with van der Waals surface area (Å²) in [5, 5.41) is 2.99. The summed E-state index contributed by atoms with van der Waals surface area (Å²) in [7, 11) is 0. The number of nitrogens with one attached hydrogen (secondary N) is 1. The maximum atomic E-state index is 12.4. The van der Waals surface area contributed by atoms with Gasteiger partial charge in [-0.05, 0) is 43.9 Å². The summed E-state index contributed by atoms with van der Waals surface area (Å²) in [6.07, 6.45) is 8.40. The zero-order valence-electron chi connectivity index (χ0n) is 15.9. The van der Waals surface area contributed by atoms with E-state index in [-0.39, 0.29) is 11.8 Å². The Kier molecular flexibility index (Phi) is 6.17. The number of carbonyl (C=O) groups is 2. The molecule has 0 spiro atoms. The lowest BCUT2D eigenvalue weighted by molar-refractivity contribution is -0.125. The summed E-state index contributed by atoms with van der Waals surface area (Å²) in [5.41, 5.74) is 1.48. The number of amides is 2. The van der Waals surface area contributed by atoms with Crippen LogP contribution in [0, 0.1) is 5.92 Å². The third-order valence-corrected chi connectivity index (χ3v) is 5.40. The van der Waals surface area contributed by atoms with Crippen LogP contribution in [0.25, 0.3) is 0 Å². The first kappa shape index (κ1) is 18.7. The summed E-state index contributed by atoms with van der Waals surface area (Å²) < 4.78 is 5.70. The molecule has 5 heteroatoms. The zero-order chi connectivity index (χ0) is 18.5. The fourth-order valence-corrected chi connectivity index (χ4v) is 3.97. The van der Waals surface area contributed by atoms with Crippen molar-refractivity contribution < 1.29 is 14.3 Å². The second-order valence-corrected chi connectivity index (χ2v) is 7.52. The molecule has 2 aliphatic rings. The van der Waals surface area contributed by atoms with Crippen molar-refractivity contribution in [2.24, 2.45) is 5.92 Å². The van der Waals surface area contributed by atoms with Gasteiger partial charge in [0.15, 0.2) is 6.10 Å². The van der Waals surface area contributed by atoms with E-state index in [9.17, 15) is 9.59 Å². The molecule has 1 saturated carbocycles. The highest BCUT2D eigenvalue weighted by Gasteiger charge is 2.31. The fraction of sp³-hybridized carbons (Fsp3) is 0.619. The number of rotatable bonds is 6. The molecule has 1 aliphatic carbocycles. The predicted molar refractivity (Wildman–Crippen MR) is 104 cm³/mol. The second kappa shape index (κ2) is 8.56. The number of nitrogens with zero attached hydrogens (tertiary/aromatic N) is 1. The molecule has 142 valence electrons. The van der Waals surface area contributed by atoms with Gasteiger partial charge >= 0.3 is 0 Å². The van der Waals surface area contributed by atoms with Crippen LogP contribution in [0.15, 0.2) is 18.2 Å². The van der Waals surface area contributed by atoms with Crippen LogP contribution in [0.1, 0.15) is 65.2 Å². The SMILES string of the molecule is CCCN1C(=O)C(C)Oc2ccc(NC(=O)CCC3CCCCC3)cc21. The first-order valence-electron chi connectivity index (χ1n) is 10.0. The highest BCUT2D eigenvalue weighted by Crippen LogP contribution is 2.36. The average molecular weight is 358 g/mol. The predicted octanol–water partition coefficient (Wildman–Crippen LogP) is 4.51. The van der Waals surface area contributed by atoms with Crippen LogP contribution in [0.3, 0.4) is 0 Å². The van der Waals surface area contributed by atoms with Crippen molar-refractivity contribution in [1.29, 1.82) is 0 Å². The molecule has 0 radical (unpaired) electrons. The summed E-state index contributed by atoms with van der Waals surface area (Å²) in [4.78, 5) is 26.5. The van der Waals surface area contributed by atoms with Crippen molar-refractivity contribution in [2.45, 2.75) is 71.3 Å². The average Bonchev–Trinajstić information content (AvgIpc) is 2.65. The second-order valence-electron chi connectivity index (χ2n) is 7.52. The smallest absolute Gasteiger partial charge is 0.267 e. The molecule has 1 aromatic rings. The Balaban J connectivity index is 1.64. The maximum absolute atomic E-state index is 12.4. The molecule has 1 heterocycles. The Hall–Kier alpha value is -2.04. The number of fused-ring (bicyclic) bond motifs is 1. The normalized spacial score (nSPS) is 20.5. The number of anilines is 2. The van der Waals surface area contributed by atoms with E-state index in [1.165, 1.54) is 32.1 Å². The molecule has 3 rings (SSSR count). The number of carbonyl (C=O) groups excluding carboxylic acids is 2. The van der Waals surface area contributed by atoms with Crippen LogP contribution in [0.2, 0.25) is 0 Å². The Morgan fingerprint density at radius 3 is 2.77 bits per heavy atom. The molecule has 0 aromatic heterocycles. The minimum absolute atomic E-state index is 0.0277. The van der Waals surface area contributed by atoms with E-state index < -0.39 is 6.10 Å². The van der Waals surface area contributed by atoms with Gasteiger partial charge in [0.2, 0.25) is 5.91 Å². The molecule has 1 unspecified atom stereocenters. The lowest BCUT2D eigenvalue weighted by atomic mass is 9.86. The van der Waals surface area contributed by atoms with E-state index in [0.717, 1.165) is 24.2 Å². The number of ether oxygens (including phenoxy) is 1. The lowest BCUT2D eigenvalue weighted by Crippen LogP contribution is -2.44. The van der Waals surface area contributed by atoms with Gasteiger partial charge in [-0.3, -0.25) is 9.59 Å². The van der Waals surface area contributed by atoms with Crippen LogP contribution in [0.5, 0.6) is 5.75 Å². The first-order valence-corrected chi connectivity index (χ1v) is 10.0. The van der Waals surface area contributed by atoms with Crippen molar-refractivity contribution in [2.75, 3.05) is 16.8 Å². The molecule has 1 N–H and O–H groups in total. The van der Waals surface area contributed by atoms with Gasteiger partial charge in [-0.15, -0.1) is 0 Å². The van der Waals surface area contributed by atoms with E-state index in [1.54, 1.807) is 11.8 Å². The summed E-state index contributed by atoms with van der Waals surface area (Å²) >= 11 is 0. The molecule has 1 atom stereocenters. The van der Waals surface area contributed by atoms with Crippen molar-refractivity contribution in [3.63, 3.8) is 0 Å². The monoisotopic (exact) mass is 358 g/mol. The molecular weight excluding hydrogens is 328 g/mol. The summed E-state index contributed by atoms with van der Waals surface area (Å²) in [6.45, 7) is 4.47. The van der Waals surface area contributed by atoms with Gasteiger partial charge < -0.3 is 15.0 Å². The van der Waals surface area contributed by atoms with E-state index in [1.807, 2.05) is 25.1 Å². The summed E-state index contributed by atoms with van der Waals surface area (Å²) in [5.74, 6) is 1.42. The molecule has 1 aliphatic heterocycles. The molecule has 26 heavy (non-hydrogen) atoms. The third-order valence-electron chi connectivity index (χ3n) is 5.40. The van der Waals surface area contributed by atoms with E-state index in [0.29, 0.717) is 24.6 Å². The molecule has 5 nitrogen and oxygen atoms in total. The standard InChI is InChI=1S/C21H30N2O3/c1-3-13-23-18-14-17(10-11-19(18)26-15(2)21(23)25)22-20(24)12-9-16-7-5-4-6-8-16/h10-11,14-16H,3-9,12-13H2,1-2H3,(H,22,24). The van der Waals surface area contributed by atoms with Crippen LogP contribution in [-0.2, 0) is 9.59 Å². The van der Waals surface area contributed by atoms with Crippen molar-refractivity contribution in [1.82, 2.24) is 0 Å². The molecule has 0 bridgehead atoms. The van der Waals surface area contributed by atoms with Crippen molar-refractivity contribution >= 4 is 23.2 Å². The van der Waals surface area contributed by atoms with Gasteiger partial charge in [-0.2, -0.15) is 0 Å². The van der Waals surface area contributed by atoms with Gasteiger partial charge in [0.25, 0.3) is 5.91 Å². The summed E-state index contributed by atoms with van der Waals surface area (Å²) in [6, 6.07) is 5.55. The van der Waals surface area contributed by atoms with Gasteiger partial charge in [0.05, 0.1) is 5.69 Å². The third kappa shape index (κ3) is 4.37. The highest BCUT2D eigenvalue weighted by atomic mass is 16.5. The number of hydrogen-bond acceptors (Lipinski definition) is 3. The number of hydrogen-bond donors (Lipinski definition) is 1. The highest BCUT2D eigenvalue weighted by molar-refractivity contribution is 6.01. The Morgan fingerprint density at radius 2 is 2.04 bits per heavy atom. The molecule has 1 aromatic carbocycles. The molecule has 0 saturated heterocycles. The Bertz CT molecular complexity index is 653. The Labute approximate surface area is 156 Å². The van der Waals surface area contributed by atoms with Crippen LogP contribution < -0.4 is 15.0 Å². The fourth-order valence-electron chi connectivity index (χ4n) is 3.97. The lowest BCUT2D eigenvalue weighted by Gasteiger charge is -2.33. The largest absolute Gasteiger partial charge is 0.479 e. The van der Waals surface area contributed by atoms with Crippen molar-refractivity contribution in [3.05, 3.63) is 18.2 Å². The Morgan fingerprint density at radius 1 is 1.27 bits per heavy atom. The quantitative estimate of drug-likeness (QED) is 0.814. The molecular formula is C21H30N2O3. The number of benzene rings is 1. The maximum Gasteiger partial charge on any atom is 0.267 e. The topological polar surface area (TPSA) is 58.6 Å². The van der Waals surface area contributed by atoms with Gasteiger partial charge in [-0.1, -0.05) is 39.0 Å². The molecule has 2 amide bonds. The van der Waals surface area contributed by atoms with Crippen LogP contribution >= 0.6 is 0 Å². The minimum Gasteiger partial charge on any atom is -0.479 e. The minimum atomic E-state index is -0.468. The first-order chi connectivity index (χ1) is 12.6. The van der Waals surface area contributed by atoms with Gasteiger partial charge in [-0.25, -0.2) is 0 Å². The van der Waals surface area contributed by atoms with E-state index in [4.69, 9.17) is 4.74 Å².